The Morgan fingerprint density at radius 3 is 2.56 bits per heavy atom. The summed E-state index contributed by atoms with van der Waals surface area (Å²) in [6.07, 6.45) is 0.888. The molecule has 0 aromatic heterocycles. The summed E-state index contributed by atoms with van der Waals surface area (Å²) < 4.78 is 4.92. The average molecular weight is 230 g/mol. The van der Waals surface area contributed by atoms with E-state index in [0.717, 1.165) is 13.0 Å². The topological polar surface area (TPSA) is 70.1 Å². The molecule has 1 fully saturated rings. The summed E-state index contributed by atoms with van der Waals surface area (Å²) in [5, 5.41) is 8.57. The number of urea groups is 1. The Hall–Kier alpha value is -1.30. The van der Waals surface area contributed by atoms with Crippen LogP contribution < -0.4 is 0 Å². The number of rotatable bonds is 6. The molecule has 1 rings (SSSR count). The highest BCUT2D eigenvalue weighted by molar-refractivity contribution is 5.76. The number of carbonyl (C=O) groups excluding carboxylic acids is 1. The minimum Gasteiger partial charge on any atom is -0.481 e. The van der Waals surface area contributed by atoms with Gasteiger partial charge in [0, 0.05) is 33.3 Å². The minimum atomic E-state index is -0.873. The predicted molar refractivity (Wildman–Crippen MR) is 57.3 cm³/mol. The maximum absolute atomic E-state index is 11.8. The maximum atomic E-state index is 11.8. The van der Waals surface area contributed by atoms with Crippen molar-refractivity contribution in [1.29, 1.82) is 0 Å². The zero-order valence-corrected chi connectivity index (χ0v) is 9.52. The highest BCUT2D eigenvalue weighted by atomic mass is 16.5. The molecule has 0 spiro atoms. The molecule has 2 amide bonds. The van der Waals surface area contributed by atoms with Crippen LogP contribution in [-0.2, 0) is 9.53 Å². The number of carbonyl (C=O) groups is 2. The van der Waals surface area contributed by atoms with Crippen molar-refractivity contribution in [1.82, 2.24) is 9.80 Å². The number of hydrogen-bond acceptors (Lipinski definition) is 3. The molecule has 1 saturated heterocycles. The Morgan fingerprint density at radius 2 is 2.00 bits per heavy atom. The van der Waals surface area contributed by atoms with Crippen LogP contribution in [0.15, 0.2) is 0 Å². The van der Waals surface area contributed by atoms with Crippen LogP contribution in [0, 0.1) is 0 Å². The van der Waals surface area contributed by atoms with Gasteiger partial charge in [0.2, 0.25) is 0 Å². The molecular formula is C10H18N2O4. The van der Waals surface area contributed by atoms with Crippen molar-refractivity contribution >= 4 is 12.0 Å². The third-order valence-corrected chi connectivity index (χ3v) is 2.56. The third kappa shape index (κ3) is 3.69. The van der Waals surface area contributed by atoms with Gasteiger partial charge in [0.15, 0.2) is 0 Å². The van der Waals surface area contributed by atoms with Crippen molar-refractivity contribution in [2.24, 2.45) is 0 Å². The summed E-state index contributed by atoms with van der Waals surface area (Å²) >= 11 is 0. The number of carboxylic acids is 1. The van der Waals surface area contributed by atoms with Gasteiger partial charge in [-0.3, -0.25) is 4.79 Å². The van der Waals surface area contributed by atoms with E-state index in [2.05, 4.69) is 0 Å². The van der Waals surface area contributed by atoms with Gasteiger partial charge in [-0.2, -0.15) is 0 Å². The van der Waals surface area contributed by atoms with Crippen LogP contribution in [0.5, 0.6) is 0 Å². The number of hydrogen-bond donors (Lipinski definition) is 1. The Kier molecular flexibility index (Phi) is 5.04. The van der Waals surface area contributed by atoms with E-state index >= 15 is 0 Å². The standard InChI is InChI=1S/C10H18N2O4/c1-16-8-7-12-5-2-4-11(10(12)15)6-3-9(13)14/h2-8H2,1H3,(H,13,14). The Morgan fingerprint density at radius 1 is 1.38 bits per heavy atom. The van der Waals surface area contributed by atoms with E-state index in [1.165, 1.54) is 0 Å². The Balaban J connectivity index is 2.40. The second-order valence-electron chi connectivity index (χ2n) is 3.75. The third-order valence-electron chi connectivity index (χ3n) is 2.56. The molecule has 92 valence electrons. The molecule has 0 aromatic carbocycles. The zero-order chi connectivity index (χ0) is 12.0. The molecule has 6 nitrogen and oxygen atoms in total. The molecule has 0 aliphatic carbocycles. The summed E-state index contributed by atoms with van der Waals surface area (Å²) in [6, 6.07) is -0.0791. The first-order chi connectivity index (χ1) is 7.65. The number of ether oxygens (including phenoxy) is 1. The van der Waals surface area contributed by atoms with Gasteiger partial charge in [0.05, 0.1) is 13.0 Å². The van der Waals surface area contributed by atoms with Crippen LogP contribution in [0.25, 0.3) is 0 Å². The van der Waals surface area contributed by atoms with E-state index in [-0.39, 0.29) is 19.0 Å². The summed E-state index contributed by atoms with van der Waals surface area (Å²) in [6.45, 7) is 2.75. The van der Waals surface area contributed by atoms with Gasteiger partial charge >= 0.3 is 12.0 Å². The van der Waals surface area contributed by atoms with Crippen molar-refractivity contribution in [3.8, 4) is 0 Å². The molecule has 1 aliphatic rings. The maximum Gasteiger partial charge on any atom is 0.320 e. The van der Waals surface area contributed by atoms with E-state index in [1.807, 2.05) is 0 Å². The fraction of sp³-hybridized carbons (Fsp3) is 0.800. The predicted octanol–water partition coefficient (Wildman–Crippen LogP) is 0.235. The van der Waals surface area contributed by atoms with Crippen LogP contribution in [0.3, 0.4) is 0 Å². The number of methoxy groups -OCH3 is 1. The highest BCUT2D eigenvalue weighted by Crippen LogP contribution is 2.09. The van der Waals surface area contributed by atoms with Crippen LogP contribution in [0.1, 0.15) is 12.8 Å². The number of aliphatic carboxylic acids is 1. The van der Waals surface area contributed by atoms with Crippen molar-refractivity contribution in [3.05, 3.63) is 0 Å². The molecule has 1 aliphatic heterocycles. The summed E-state index contributed by atoms with van der Waals surface area (Å²) in [4.78, 5) is 25.6. The second kappa shape index (κ2) is 6.32. The zero-order valence-electron chi connectivity index (χ0n) is 9.52. The molecule has 16 heavy (non-hydrogen) atoms. The lowest BCUT2D eigenvalue weighted by Gasteiger charge is -2.35. The van der Waals surface area contributed by atoms with E-state index in [0.29, 0.717) is 19.7 Å². The highest BCUT2D eigenvalue weighted by Gasteiger charge is 2.25. The first kappa shape index (κ1) is 12.8. The lowest BCUT2D eigenvalue weighted by atomic mass is 10.2. The van der Waals surface area contributed by atoms with Gasteiger partial charge in [0.25, 0.3) is 0 Å². The molecule has 0 atom stereocenters. The van der Waals surface area contributed by atoms with Crippen LogP contribution >= 0.6 is 0 Å². The molecule has 0 saturated carbocycles. The SMILES string of the molecule is COCCN1CCCN(CCC(=O)O)C1=O. The Bertz CT molecular complexity index is 257. The number of amides is 2. The smallest absolute Gasteiger partial charge is 0.320 e. The van der Waals surface area contributed by atoms with Gasteiger partial charge in [-0.25, -0.2) is 4.79 Å². The molecule has 0 bridgehead atoms. The fourth-order valence-corrected chi connectivity index (χ4v) is 1.69. The molecule has 1 heterocycles. The quantitative estimate of drug-likeness (QED) is 0.709. The molecular weight excluding hydrogens is 212 g/mol. The average Bonchev–Trinajstić information content (AvgIpc) is 2.26. The van der Waals surface area contributed by atoms with E-state index < -0.39 is 5.97 Å². The molecule has 6 heteroatoms. The minimum absolute atomic E-state index is 0.00383. The summed E-state index contributed by atoms with van der Waals surface area (Å²) in [7, 11) is 1.59. The van der Waals surface area contributed by atoms with Crippen LogP contribution in [-0.4, -0.2) is 66.8 Å². The van der Waals surface area contributed by atoms with Crippen LogP contribution in [0.2, 0.25) is 0 Å². The van der Waals surface area contributed by atoms with Crippen molar-refractivity contribution in [3.63, 3.8) is 0 Å². The first-order valence-corrected chi connectivity index (χ1v) is 5.39. The van der Waals surface area contributed by atoms with Gasteiger partial charge in [0.1, 0.15) is 0 Å². The largest absolute Gasteiger partial charge is 0.481 e. The van der Waals surface area contributed by atoms with E-state index in [9.17, 15) is 9.59 Å². The van der Waals surface area contributed by atoms with Gasteiger partial charge in [-0.05, 0) is 6.42 Å². The van der Waals surface area contributed by atoms with E-state index in [4.69, 9.17) is 9.84 Å². The van der Waals surface area contributed by atoms with E-state index in [1.54, 1.807) is 16.9 Å². The molecule has 1 N–H and O–H groups in total. The molecule has 0 aromatic rings. The van der Waals surface area contributed by atoms with Gasteiger partial charge in [-0.1, -0.05) is 0 Å². The van der Waals surface area contributed by atoms with Gasteiger partial charge < -0.3 is 19.6 Å². The normalized spacial score (nSPS) is 16.7. The Labute approximate surface area is 94.8 Å². The lowest BCUT2D eigenvalue weighted by Crippen LogP contribution is -2.50. The van der Waals surface area contributed by atoms with Gasteiger partial charge in [-0.15, -0.1) is 0 Å². The lowest BCUT2D eigenvalue weighted by molar-refractivity contribution is -0.137. The number of nitrogens with zero attached hydrogens (tertiary/aromatic N) is 2. The van der Waals surface area contributed by atoms with Crippen molar-refractivity contribution in [2.45, 2.75) is 12.8 Å². The fourth-order valence-electron chi connectivity index (χ4n) is 1.69. The molecule has 0 unspecified atom stereocenters. The van der Waals surface area contributed by atoms with Crippen molar-refractivity contribution < 1.29 is 19.4 Å². The first-order valence-electron chi connectivity index (χ1n) is 5.39. The second-order valence-corrected chi connectivity index (χ2v) is 3.75. The van der Waals surface area contributed by atoms with Crippen molar-refractivity contribution in [2.75, 3.05) is 39.9 Å². The monoisotopic (exact) mass is 230 g/mol. The summed E-state index contributed by atoms with van der Waals surface area (Å²) in [5.41, 5.74) is 0. The molecule has 0 radical (unpaired) electrons. The number of carboxylic acid groups (broad SMARTS) is 1. The van der Waals surface area contributed by atoms with Crippen LogP contribution in [0.4, 0.5) is 4.79 Å². The summed E-state index contributed by atoms with van der Waals surface area (Å²) in [5.74, 6) is -0.873.